The third-order valence-electron chi connectivity index (χ3n) is 5.11. The molecule has 3 N–H and O–H groups in total. The van der Waals surface area contributed by atoms with Gasteiger partial charge >= 0.3 is 0 Å². The summed E-state index contributed by atoms with van der Waals surface area (Å²) in [6.45, 7) is 4.01. The molecule has 134 valence electrons. The van der Waals surface area contributed by atoms with Crippen LogP contribution in [0.25, 0.3) is 5.69 Å². The first-order valence-electron chi connectivity index (χ1n) is 8.89. The molecule has 0 unspecified atom stereocenters. The fraction of sp³-hybridized carbons (Fsp3) is 0.450. The maximum absolute atomic E-state index is 12.7. The van der Waals surface area contributed by atoms with Crippen LogP contribution in [-0.4, -0.2) is 29.7 Å². The topological polar surface area (TPSA) is 69.3 Å². The van der Waals surface area contributed by atoms with Crippen molar-refractivity contribution in [2.75, 3.05) is 7.11 Å². The molecule has 1 fully saturated rings. The van der Waals surface area contributed by atoms with E-state index in [0.29, 0.717) is 0 Å². The molecule has 1 aromatic heterocycles. The Kier molecular flexibility index (Phi) is 5.13. The summed E-state index contributed by atoms with van der Waals surface area (Å²) in [5.41, 5.74) is 9.70. The van der Waals surface area contributed by atoms with Crippen molar-refractivity contribution in [3.8, 4) is 11.4 Å². The van der Waals surface area contributed by atoms with Gasteiger partial charge in [0.05, 0.1) is 12.7 Å². The van der Waals surface area contributed by atoms with Crippen molar-refractivity contribution in [1.82, 2.24) is 9.88 Å². The lowest BCUT2D eigenvalue weighted by Gasteiger charge is -2.26. The molecule has 25 heavy (non-hydrogen) atoms. The Labute approximate surface area is 149 Å². The zero-order valence-electron chi connectivity index (χ0n) is 15.2. The van der Waals surface area contributed by atoms with Gasteiger partial charge < -0.3 is 20.4 Å². The molecule has 1 saturated carbocycles. The van der Waals surface area contributed by atoms with Crippen LogP contribution in [0.5, 0.6) is 5.75 Å². The highest BCUT2D eigenvalue weighted by atomic mass is 16.5. The number of methoxy groups -OCH3 is 1. The molecular formula is C20H27N3O2. The molecule has 0 radical (unpaired) electrons. The lowest BCUT2D eigenvalue weighted by atomic mass is 9.91. The molecule has 5 nitrogen and oxygen atoms in total. The molecule has 0 spiro atoms. The Balaban J connectivity index is 1.79. The maximum atomic E-state index is 12.7. The van der Waals surface area contributed by atoms with Gasteiger partial charge in [-0.1, -0.05) is 0 Å². The number of rotatable bonds is 4. The van der Waals surface area contributed by atoms with Gasteiger partial charge in [-0.3, -0.25) is 4.79 Å². The van der Waals surface area contributed by atoms with Crippen LogP contribution in [0.2, 0.25) is 0 Å². The minimum Gasteiger partial charge on any atom is -0.497 e. The van der Waals surface area contributed by atoms with Crippen LogP contribution in [0, 0.1) is 13.8 Å². The van der Waals surface area contributed by atoms with Gasteiger partial charge in [0.15, 0.2) is 0 Å². The molecule has 0 saturated heterocycles. The lowest BCUT2D eigenvalue weighted by molar-refractivity contribution is 0.0925. The van der Waals surface area contributed by atoms with E-state index in [4.69, 9.17) is 10.5 Å². The summed E-state index contributed by atoms with van der Waals surface area (Å²) >= 11 is 0. The first-order valence-corrected chi connectivity index (χ1v) is 8.89. The number of carbonyl (C=O) groups is 1. The van der Waals surface area contributed by atoms with Crippen LogP contribution in [0.15, 0.2) is 30.3 Å². The van der Waals surface area contributed by atoms with Crippen molar-refractivity contribution in [2.45, 2.75) is 51.6 Å². The van der Waals surface area contributed by atoms with Crippen molar-refractivity contribution in [1.29, 1.82) is 0 Å². The first-order chi connectivity index (χ1) is 12.0. The fourth-order valence-electron chi connectivity index (χ4n) is 3.65. The Hall–Kier alpha value is -2.27. The Morgan fingerprint density at radius 3 is 2.40 bits per heavy atom. The first kappa shape index (κ1) is 17.5. The second kappa shape index (κ2) is 7.31. The smallest absolute Gasteiger partial charge is 0.253 e. The predicted octanol–water partition coefficient (Wildman–Crippen LogP) is 3.10. The Morgan fingerprint density at radius 1 is 1.16 bits per heavy atom. The van der Waals surface area contributed by atoms with E-state index in [-0.39, 0.29) is 18.0 Å². The van der Waals surface area contributed by atoms with E-state index < -0.39 is 0 Å². The maximum Gasteiger partial charge on any atom is 0.253 e. The molecule has 0 aliphatic heterocycles. The number of hydrogen-bond acceptors (Lipinski definition) is 3. The molecule has 2 aromatic rings. The van der Waals surface area contributed by atoms with E-state index in [9.17, 15) is 4.79 Å². The molecule has 0 atom stereocenters. The van der Waals surface area contributed by atoms with Crippen LogP contribution in [-0.2, 0) is 0 Å². The van der Waals surface area contributed by atoms with Crippen molar-refractivity contribution >= 4 is 5.91 Å². The van der Waals surface area contributed by atoms with Crippen LogP contribution >= 0.6 is 0 Å². The quantitative estimate of drug-likeness (QED) is 0.898. The van der Waals surface area contributed by atoms with Crippen molar-refractivity contribution in [2.24, 2.45) is 5.73 Å². The molecule has 3 rings (SSSR count). The second-order valence-electron chi connectivity index (χ2n) is 6.90. The van der Waals surface area contributed by atoms with Gasteiger partial charge in [-0.2, -0.15) is 0 Å². The highest BCUT2D eigenvalue weighted by Gasteiger charge is 2.23. The lowest BCUT2D eigenvalue weighted by Crippen LogP contribution is -2.40. The minimum atomic E-state index is 0.00772. The fourth-order valence-corrected chi connectivity index (χ4v) is 3.65. The second-order valence-corrected chi connectivity index (χ2v) is 6.90. The number of carbonyl (C=O) groups excluding carboxylic acids is 1. The summed E-state index contributed by atoms with van der Waals surface area (Å²) < 4.78 is 7.32. The van der Waals surface area contributed by atoms with Gasteiger partial charge in [0.1, 0.15) is 5.75 Å². The van der Waals surface area contributed by atoms with Crippen LogP contribution in [0.3, 0.4) is 0 Å². The number of nitrogens with two attached hydrogens (primary N) is 1. The van der Waals surface area contributed by atoms with Gasteiger partial charge in [-0.15, -0.1) is 0 Å². The Bertz CT molecular complexity index is 741. The summed E-state index contributed by atoms with van der Waals surface area (Å²) in [6, 6.07) is 10.3. The summed E-state index contributed by atoms with van der Waals surface area (Å²) in [4.78, 5) is 12.7. The molecule has 1 aliphatic rings. The number of aryl methyl sites for hydroxylation is 1. The van der Waals surface area contributed by atoms with Crippen LogP contribution < -0.4 is 15.8 Å². The summed E-state index contributed by atoms with van der Waals surface area (Å²) in [6.07, 6.45) is 3.89. The van der Waals surface area contributed by atoms with E-state index in [1.54, 1.807) is 7.11 Å². The average Bonchev–Trinajstić information content (AvgIpc) is 2.91. The van der Waals surface area contributed by atoms with Crippen molar-refractivity contribution in [3.05, 3.63) is 47.3 Å². The number of aromatic nitrogens is 1. The highest BCUT2D eigenvalue weighted by Crippen LogP contribution is 2.24. The predicted molar refractivity (Wildman–Crippen MR) is 99.5 cm³/mol. The van der Waals surface area contributed by atoms with Gasteiger partial charge in [0, 0.05) is 29.2 Å². The van der Waals surface area contributed by atoms with Crippen LogP contribution in [0.4, 0.5) is 0 Å². The number of benzene rings is 1. The summed E-state index contributed by atoms with van der Waals surface area (Å²) in [7, 11) is 1.65. The molecule has 0 bridgehead atoms. The van der Waals surface area contributed by atoms with Gasteiger partial charge in [-0.05, 0) is 69.9 Å². The number of nitrogens with one attached hydrogen (secondary N) is 1. The SMILES string of the molecule is COc1ccc(-n2c(C)cc(C(=O)NC3CCC(N)CC3)c2C)cc1. The number of hydrogen-bond donors (Lipinski definition) is 2. The average molecular weight is 341 g/mol. The van der Waals surface area contributed by atoms with E-state index in [2.05, 4.69) is 9.88 Å². The monoisotopic (exact) mass is 341 g/mol. The third-order valence-corrected chi connectivity index (χ3v) is 5.11. The minimum absolute atomic E-state index is 0.00772. The molecule has 1 aromatic carbocycles. The van der Waals surface area contributed by atoms with Gasteiger partial charge in [0.2, 0.25) is 0 Å². The standard InChI is InChI=1S/C20H27N3O2/c1-13-12-19(20(24)22-16-6-4-15(21)5-7-16)14(2)23(13)17-8-10-18(25-3)11-9-17/h8-12,15-16H,4-7,21H2,1-3H3,(H,22,24). The summed E-state index contributed by atoms with van der Waals surface area (Å²) in [5.74, 6) is 0.827. The normalized spacial score (nSPS) is 20.3. The number of amides is 1. The molecule has 1 heterocycles. The zero-order chi connectivity index (χ0) is 18.0. The van der Waals surface area contributed by atoms with Crippen LogP contribution in [0.1, 0.15) is 47.4 Å². The molecule has 1 aliphatic carbocycles. The van der Waals surface area contributed by atoms with Crippen molar-refractivity contribution in [3.63, 3.8) is 0 Å². The summed E-state index contributed by atoms with van der Waals surface area (Å²) in [5, 5.41) is 3.18. The van der Waals surface area contributed by atoms with E-state index in [1.807, 2.05) is 44.2 Å². The molecule has 5 heteroatoms. The van der Waals surface area contributed by atoms with Gasteiger partial charge in [-0.25, -0.2) is 0 Å². The molecular weight excluding hydrogens is 314 g/mol. The van der Waals surface area contributed by atoms with E-state index in [0.717, 1.165) is 54.1 Å². The number of ether oxygens (including phenoxy) is 1. The third kappa shape index (κ3) is 3.71. The zero-order valence-corrected chi connectivity index (χ0v) is 15.2. The Morgan fingerprint density at radius 2 is 1.80 bits per heavy atom. The molecule has 1 amide bonds. The highest BCUT2D eigenvalue weighted by molar-refractivity contribution is 5.96. The van der Waals surface area contributed by atoms with Gasteiger partial charge in [0.25, 0.3) is 5.91 Å². The van der Waals surface area contributed by atoms with E-state index >= 15 is 0 Å². The number of nitrogens with zero attached hydrogens (tertiary/aromatic N) is 1. The van der Waals surface area contributed by atoms with Crippen molar-refractivity contribution < 1.29 is 9.53 Å². The van der Waals surface area contributed by atoms with E-state index in [1.165, 1.54) is 0 Å². The largest absolute Gasteiger partial charge is 0.497 e.